The predicted octanol–water partition coefficient (Wildman–Crippen LogP) is 2.13. The molecule has 2 fully saturated rings. The van der Waals surface area contributed by atoms with Crippen LogP contribution in [0.25, 0.3) is 11.0 Å². The molecule has 11 heteroatoms. The fourth-order valence-electron chi connectivity index (χ4n) is 7.62. The van der Waals surface area contributed by atoms with Gasteiger partial charge in [-0.2, -0.15) is 0 Å². The molecule has 3 amide bonds. The minimum atomic E-state index is -1.40. The fraction of sp³-hybridized carbons (Fsp3) is 0.424. The highest BCUT2D eigenvalue weighted by molar-refractivity contribution is 6.00. The molecule has 3 aromatic rings. The Morgan fingerprint density at radius 2 is 1.66 bits per heavy atom. The molecule has 6 atom stereocenters. The van der Waals surface area contributed by atoms with Gasteiger partial charge in [0.15, 0.2) is 0 Å². The summed E-state index contributed by atoms with van der Waals surface area (Å²) in [5.41, 5.74) is -0.0381. The number of benzene rings is 2. The van der Waals surface area contributed by atoms with Gasteiger partial charge in [0, 0.05) is 19.6 Å². The van der Waals surface area contributed by atoms with Crippen molar-refractivity contribution in [1.29, 1.82) is 0 Å². The molecule has 1 aromatic heterocycles. The number of ether oxygens (including phenoxy) is 1. The van der Waals surface area contributed by atoms with E-state index in [9.17, 15) is 19.5 Å². The fourth-order valence-corrected chi connectivity index (χ4v) is 7.62. The molecule has 0 saturated carbocycles. The average Bonchev–Trinajstić information content (AvgIpc) is 3.56. The Labute approximate surface area is 255 Å². The van der Waals surface area contributed by atoms with E-state index in [-0.39, 0.29) is 37.5 Å². The zero-order valence-electron chi connectivity index (χ0n) is 24.8. The predicted molar refractivity (Wildman–Crippen MR) is 160 cm³/mol. The number of likely N-dealkylation sites (tertiary alicyclic amines) is 1. The first-order valence-corrected chi connectivity index (χ1v) is 15.2. The average molecular weight is 597 g/mol. The van der Waals surface area contributed by atoms with Crippen LogP contribution < -0.4 is 0 Å². The van der Waals surface area contributed by atoms with Gasteiger partial charge < -0.3 is 24.5 Å². The highest BCUT2D eigenvalue weighted by atomic mass is 16.5. The molecule has 0 radical (unpaired) electrons. The van der Waals surface area contributed by atoms with Crippen LogP contribution in [0.1, 0.15) is 25.8 Å². The van der Waals surface area contributed by atoms with Crippen LogP contribution in [0.3, 0.4) is 0 Å². The number of fused-ring (bicyclic) bond motifs is 3. The zero-order valence-corrected chi connectivity index (χ0v) is 24.8. The van der Waals surface area contributed by atoms with E-state index in [4.69, 9.17) is 4.74 Å². The van der Waals surface area contributed by atoms with Gasteiger partial charge in [-0.25, -0.2) is 4.68 Å². The van der Waals surface area contributed by atoms with Crippen LogP contribution in [0.15, 0.2) is 78.9 Å². The Kier molecular flexibility index (Phi) is 6.89. The molecule has 228 valence electrons. The van der Waals surface area contributed by atoms with E-state index in [1.54, 1.807) is 14.5 Å². The second-order valence-corrected chi connectivity index (χ2v) is 12.3. The number of aromatic nitrogens is 3. The van der Waals surface area contributed by atoms with E-state index in [0.29, 0.717) is 25.0 Å². The first-order valence-electron chi connectivity index (χ1n) is 15.2. The third-order valence-electron chi connectivity index (χ3n) is 9.68. The topological polar surface area (TPSA) is 121 Å². The Balaban J connectivity index is 1.29. The van der Waals surface area contributed by atoms with Gasteiger partial charge in [-0.1, -0.05) is 78.9 Å². The molecular weight excluding hydrogens is 560 g/mol. The maximum Gasteiger partial charge on any atom is 0.250 e. The van der Waals surface area contributed by atoms with Crippen LogP contribution in [-0.4, -0.2) is 95.5 Å². The van der Waals surface area contributed by atoms with Crippen LogP contribution in [0.5, 0.6) is 0 Å². The van der Waals surface area contributed by atoms with E-state index in [0.717, 1.165) is 11.1 Å². The number of hydrogen-bond acceptors (Lipinski definition) is 7. The number of aliphatic hydroxyl groups is 1. The van der Waals surface area contributed by atoms with Gasteiger partial charge in [0.05, 0.1) is 35.6 Å². The van der Waals surface area contributed by atoms with Gasteiger partial charge in [-0.05, 0) is 31.0 Å². The number of nitrogens with zero attached hydrogens (tertiary/aromatic N) is 6. The molecule has 2 aromatic carbocycles. The number of aliphatic hydroxyl groups excluding tert-OH is 1. The van der Waals surface area contributed by atoms with Crippen LogP contribution in [-0.2, 0) is 32.3 Å². The first kappa shape index (κ1) is 28.4. The van der Waals surface area contributed by atoms with Gasteiger partial charge >= 0.3 is 0 Å². The summed E-state index contributed by atoms with van der Waals surface area (Å²) in [6.07, 6.45) is 7.91. The zero-order chi connectivity index (χ0) is 30.6. The summed E-state index contributed by atoms with van der Waals surface area (Å²) >= 11 is 0. The van der Waals surface area contributed by atoms with E-state index < -0.39 is 35.1 Å². The number of hydrogen-bond donors (Lipinski definition) is 1. The van der Waals surface area contributed by atoms with Crippen LogP contribution in [0.2, 0.25) is 0 Å². The van der Waals surface area contributed by atoms with Gasteiger partial charge in [-0.15, -0.1) is 5.10 Å². The molecule has 5 heterocycles. The Morgan fingerprint density at radius 3 is 2.43 bits per heavy atom. The molecule has 0 bridgehead atoms. The second-order valence-electron chi connectivity index (χ2n) is 12.3. The van der Waals surface area contributed by atoms with E-state index >= 15 is 0 Å². The summed E-state index contributed by atoms with van der Waals surface area (Å²) in [5, 5.41) is 18.9. The van der Waals surface area contributed by atoms with Crippen molar-refractivity contribution in [1.82, 2.24) is 29.7 Å². The van der Waals surface area contributed by atoms with Crippen molar-refractivity contribution in [3.05, 3.63) is 84.5 Å². The maximum absolute atomic E-state index is 14.6. The summed E-state index contributed by atoms with van der Waals surface area (Å²) in [4.78, 5) is 48.5. The lowest BCUT2D eigenvalue weighted by atomic mass is 9.74. The van der Waals surface area contributed by atoms with Crippen molar-refractivity contribution in [3.63, 3.8) is 0 Å². The lowest BCUT2D eigenvalue weighted by Crippen LogP contribution is -2.58. The van der Waals surface area contributed by atoms with Gasteiger partial charge in [-0.3, -0.25) is 14.4 Å². The largest absolute Gasteiger partial charge is 0.394 e. The maximum atomic E-state index is 14.6. The molecule has 0 aliphatic carbocycles. The molecule has 2 saturated heterocycles. The molecule has 11 nitrogen and oxygen atoms in total. The minimum Gasteiger partial charge on any atom is -0.394 e. The van der Waals surface area contributed by atoms with Crippen molar-refractivity contribution in [2.75, 3.05) is 19.7 Å². The Morgan fingerprint density at radius 1 is 0.932 bits per heavy atom. The van der Waals surface area contributed by atoms with E-state index in [1.807, 2.05) is 92.7 Å². The van der Waals surface area contributed by atoms with Gasteiger partial charge in [0.1, 0.15) is 23.8 Å². The normalized spacial score (nSPS) is 30.4. The van der Waals surface area contributed by atoms with Crippen molar-refractivity contribution in [2.24, 2.45) is 11.8 Å². The monoisotopic (exact) mass is 596 g/mol. The van der Waals surface area contributed by atoms with Crippen molar-refractivity contribution in [2.45, 2.75) is 56.8 Å². The third-order valence-corrected chi connectivity index (χ3v) is 9.68. The Bertz CT molecular complexity index is 1670. The van der Waals surface area contributed by atoms with Gasteiger partial charge in [0.25, 0.3) is 5.91 Å². The highest BCUT2D eigenvalue weighted by Crippen LogP contribution is 2.58. The van der Waals surface area contributed by atoms with Crippen molar-refractivity contribution in [3.8, 4) is 0 Å². The molecule has 4 aliphatic heterocycles. The van der Waals surface area contributed by atoms with Crippen LogP contribution >= 0.6 is 0 Å². The van der Waals surface area contributed by atoms with Crippen molar-refractivity contribution < 1.29 is 24.2 Å². The third kappa shape index (κ3) is 4.21. The Hall–Kier alpha value is -4.35. The number of amides is 3. The van der Waals surface area contributed by atoms with Crippen molar-refractivity contribution >= 4 is 28.8 Å². The standard InChI is InChI=1S/C33H36N6O5/c1-3-23(20-40)39-28-31(43)37(21-38-25-14-8-7-13-24(25)34-35-38)18-10-16-33(28)27(30(39)42)26-29(41)36(17-9-15-32(26,2)44-33)19-22-11-5-4-6-12-22/h4-16,23,26-28,40H,3,17-21H2,1-2H3/t23-,26+,27-,28?,32-,33-/m0/s1. The number of para-hydroxylation sites is 1. The lowest BCUT2D eigenvalue weighted by molar-refractivity contribution is -0.156. The summed E-state index contributed by atoms with van der Waals surface area (Å²) in [7, 11) is 0. The molecular formula is C33H36N6O5. The quantitative estimate of drug-likeness (QED) is 0.415. The summed E-state index contributed by atoms with van der Waals surface area (Å²) in [5.74, 6) is -2.66. The highest BCUT2D eigenvalue weighted by Gasteiger charge is 2.75. The smallest absolute Gasteiger partial charge is 0.250 e. The lowest BCUT2D eigenvalue weighted by Gasteiger charge is -2.39. The van der Waals surface area contributed by atoms with Crippen LogP contribution in [0.4, 0.5) is 0 Å². The number of carbonyl (C=O) groups excluding carboxylic acids is 3. The minimum absolute atomic E-state index is 0.114. The number of carbonyl (C=O) groups is 3. The molecule has 1 spiro atoms. The summed E-state index contributed by atoms with van der Waals surface area (Å²) in [6.45, 7) is 4.53. The first-order chi connectivity index (χ1) is 21.3. The van der Waals surface area contributed by atoms with Crippen LogP contribution in [0, 0.1) is 11.8 Å². The summed E-state index contributed by atoms with van der Waals surface area (Å²) < 4.78 is 8.58. The second kappa shape index (κ2) is 10.7. The molecule has 1 unspecified atom stereocenters. The van der Waals surface area contributed by atoms with Gasteiger partial charge in [0.2, 0.25) is 11.8 Å². The SMILES string of the molecule is CC[C@@H](CO)N1C(=O)[C@@H]2[C@@H]3C(=O)N(Cc4ccccc4)CC=C[C@]3(C)O[C@@]23C=CCN(Cn2nnc4ccccc42)C(=O)C13. The summed E-state index contributed by atoms with van der Waals surface area (Å²) in [6, 6.07) is 15.6. The molecule has 1 N–H and O–H groups in total. The molecule has 7 rings (SSSR count). The number of rotatable bonds is 7. The van der Waals surface area contributed by atoms with E-state index in [2.05, 4.69) is 10.3 Å². The molecule has 4 aliphatic rings. The molecule has 44 heavy (non-hydrogen) atoms. The van der Waals surface area contributed by atoms with E-state index in [1.165, 1.54) is 4.90 Å².